The first kappa shape index (κ1) is 15.3. The van der Waals surface area contributed by atoms with Gasteiger partial charge in [0.25, 0.3) is 0 Å². The van der Waals surface area contributed by atoms with Crippen LogP contribution in [0.25, 0.3) is 0 Å². The molecule has 1 aromatic rings. The second-order valence-corrected chi connectivity index (χ2v) is 5.39. The number of hydrogen-bond donors (Lipinski definition) is 2. The van der Waals surface area contributed by atoms with E-state index >= 15 is 0 Å². The van der Waals surface area contributed by atoms with Crippen molar-refractivity contribution in [1.29, 1.82) is 0 Å². The summed E-state index contributed by atoms with van der Waals surface area (Å²) in [6, 6.07) is 9.85. The number of hydrogen-bond acceptors (Lipinski definition) is 2. The molecular weight excluding hydrogens is 236 g/mol. The smallest absolute Gasteiger partial charge is 0.221 e. The van der Waals surface area contributed by atoms with Crippen LogP contribution in [0.4, 0.5) is 0 Å². The van der Waals surface area contributed by atoms with E-state index in [4.69, 9.17) is 0 Å². The lowest BCUT2D eigenvalue weighted by molar-refractivity contribution is -0.122. The van der Waals surface area contributed by atoms with E-state index in [1.807, 2.05) is 51.1 Å². The average Bonchev–Trinajstić information content (AvgIpc) is 2.32. The monoisotopic (exact) mass is 258 g/mol. The van der Waals surface area contributed by atoms with Gasteiger partial charge in [-0.05, 0) is 32.9 Å². The van der Waals surface area contributed by atoms with Crippen molar-refractivity contribution in [3.05, 3.63) is 35.9 Å². The fourth-order valence-electron chi connectivity index (χ4n) is 1.50. The van der Waals surface area contributed by atoms with E-state index in [0.29, 0.717) is 19.5 Å². The Kier molecular flexibility index (Phi) is 6.11. The van der Waals surface area contributed by atoms with Gasteiger partial charge < -0.3 is 10.6 Å². The average molecular weight is 258 g/mol. The molecule has 0 aliphatic heterocycles. The van der Waals surface area contributed by atoms with Crippen LogP contribution in [0.15, 0.2) is 30.3 Å². The first-order valence-electron chi connectivity index (χ1n) is 6.53. The Hall–Kier alpha value is -1.79. The molecule has 0 saturated carbocycles. The summed E-state index contributed by atoms with van der Waals surface area (Å²) in [5, 5.41) is 6.06. The standard InChI is InChI=1S/C16H22N2O/c1-16(2,3)18-15(19)11-13-17-12-7-10-14-8-5-4-6-9-14/h4-6,8-9,17H,11-13H2,1-3H3,(H,18,19). The van der Waals surface area contributed by atoms with E-state index in [0.717, 1.165) is 5.56 Å². The predicted molar refractivity (Wildman–Crippen MR) is 78.7 cm³/mol. The molecule has 3 heteroatoms. The molecule has 1 amide bonds. The number of amides is 1. The van der Waals surface area contributed by atoms with E-state index in [1.54, 1.807) is 0 Å². The van der Waals surface area contributed by atoms with Crippen LogP contribution in [0.2, 0.25) is 0 Å². The van der Waals surface area contributed by atoms with Crippen molar-refractivity contribution in [2.24, 2.45) is 0 Å². The number of carbonyl (C=O) groups is 1. The van der Waals surface area contributed by atoms with Crippen LogP contribution in [0.3, 0.4) is 0 Å². The Morgan fingerprint density at radius 3 is 2.53 bits per heavy atom. The molecule has 0 atom stereocenters. The van der Waals surface area contributed by atoms with E-state index in [1.165, 1.54) is 0 Å². The molecule has 3 nitrogen and oxygen atoms in total. The van der Waals surface area contributed by atoms with Gasteiger partial charge in [-0.3, -0.25) is 4.79 Å². The van der Waals surface area contributed by atoms with E-state index < -0.39 is 0 Å². The minimum Gasteiger partial charge on any atom is -0.351 e. The van der Waals surface area contributed by atoms with E-state index in [2.05, 4.69) is 22.5 Å². The summed E-state index contributed by atoms with van der Waals surface area (Å²) in [5.41, 5.74) is 0.847. The SMILES string of the molecule is CC(C)(C)NC(=O)CCNCC#Cc1ccccc1. The maximum Gasteiger partial charge on any atom is 0.221 e. The molecule has 0 unspecified atom stereocenters. The summed E-state index contributed by atoms with van der Waals surface area (Å²) in [5.74, 6) is 6.15. The van der Waals surface area contributed by atoms with Gasteiger partial charge in [-0.2, -0.15) is 0 Å². The summed E-state index contributed by atoms with van der Waals surface area (Å²) in [4.78, 5) is 11.5. The third-order valence-corrected chi connectivity index (χ3v) is 2.26. The lowest BCUT2D eigenvalue weighted by Crippen LogP contribution is -2.41. The highest BCUT2D eigenvalue weighted by atomic mass is 16.1. The first-order valence-corrected chi connectivity index (χ1v) is 6.53. The minimum absolute atomic E-state index is 0.0658. The first-order chi connectivity index (χ1) is 8.97. The molecule has 0 aliphatic carbocycles. The van der Waals surface area contributed by atoms with Crippen molar-refractivity contribution in [3.63, 3.8) is 0 Å². The molecule has 1 aromatic carbocycles. The Bertz CT molecular complexity index is 449. The maximum atomic E-state index is 11.5. The summed E-state index contributed by atoms with van der Waals surface area (Å²) in [6.45, 7) is 7.17. The molecule has 0 aliphatic rings. The molecule has 19 heavy (non-hydrogen) atoms. The minimum atomic E-state index is -0.163. The van der Waals surface area contributed by atoms with Gasteiger partial charge in [-0.25, -0.2) is 0 Å². The topological polar surface area (TPSA) is 41.1 Å². The van der Waals surface area contributed by atoms with Gasteiger partial charge in [-0.1, -0.05) is 30.0 Å². The third-order valence-electron chi connectivity index (χ3n) is 2.26. The van der Waals surface area contributed by atoms with Gasteiger partial charge in [0.15, 0.2) is 0 Å². The maximum absolute atomic E-state index is 11.5. The summed E-state index contributed by atoms with van der Waals surface area (Å²) in [7, 11) is 0. The zero-order chi connectivity index (χ0) is 14.1. The fraction of sp³-hybridized carbons (Fsp3) is 0.438. The van der Waals surface area contributed by atoms with Crippen molar-refractivity contribution in [1.82, 2.24) is 10.6 Å². The molecule has 2 N–H and O–H groups in total. The molecule has 0 saturated heterocycles. The van der Waals surface area contributed by atoms with Crippen LogP contribution in [-0.4, -0.2) is 24.5 Å². The van der Waals surface area contributed by atoms with Crippen LogP contribution in [0.5, 0.6) is 0 Å². The molecule has 0 fully saturated rings. The Morgan fingerprint density at radius 2 is 1.89 bits per heavy atom. The summed E-state index contributed by atoms with van der Waals surface area (Å²) < 4.78 is 0. The highest BCUT2D eigenvalue weighted by molar-refractivity contribution is 5.76. The Morgan fingerprint density at radius 1 is 1.21 bits per heavy atom. The molecule has 0 bridgehead atoms. The molecule has 102 valence electrons. The Balaban J connectivity index is 2.15. The number of benzene rings is 1. The van der Waals surface area contributed by atoms with Crippen LogP contribution in [0, 0.1) is 11.8 Å². The van der Waals surface area contributed by atoms with Gasteiger partial charge >= 0.3 is 0 Å². The van der Waals surface area contributed by atoms with Crippen LogP contribution >= 0.6 is 0 Å². The third kappa shape index (κ3) is 8.01. The van der Waals surface area contributed by atoms with Crippen molar-refractivity contribution < 1.29 is 4.79 Å². The van der Waals surface area contributed by atoms with E-state index in [-0.39, 0.29) is 11.4 Å². The summed E-state index contributed by atoms with van der Waals surface area (Å²) in [6.07, 6.45) is 0.476. The van der Waals surface area contributed by atoms with Gasteiger partial charge in [0.1, 0.15) is 0 Å². The highest BCUT2D eigenvalue weighted by Gasteiger charge is 2.12. The molecule has 0 radical (unpaired) electrons. The van der Waals surface area contributed by atoms with Gasteiger partial charge in [0.05, 0.1) is 6.54 Å². The quantitative estimate of drug-likeness (QED) is 0.640. The molecule has 0 heterocycles. The molecular formula is C16H22N2O. The van der Waals surface area contributed by atoms with Crippen molar-refractivity contribution in [2.75, 3.05) is 13.1 Å². The second kappa shape index (κ2) is 7.60. The number of carbonyl (C=O) groups excluding carboxylic acids is 1. The zero-order valence-corrected chi connectivity index (χ0v) is 11.9. The second-order valence-electron chi connectivity index (χ2n) is 5.39. The predicted octanol–water partition coefficient (Wildman–Crippen LogP) is 1.93. The van der Waals surface area contributed by atoms with Gasteiger partial charge in [0, 0.05) is 24.1 Å². The lowest BCUT2D eigenvalue weighted by atomic mass is 10.1. The lowest BCUT2D eigenvalue weighted by Gasteiger charge is -2.20. The summed E-state index contributed by atoms with van der Waals surface area (Å²) >= 11 is 0. The molecule has 1 rings (SSSR count). The van der Waals surface area contributed by atoms with Gasteiger partial charge in [0.2, 0.25) is 5.91 Å². The normalized spacial score (nSPS) is 10.5. The van der Waals surface area contributed by atoms with Crippen molar-refractivity contribution in [3.8, 4) is 11.8 Å². The van der Waals surface area contributed by atoms with Gasteiger partial charge in [-0.15, -0.1) is 0 Å². The Labute approximate surface area is 115 Å². The van der Waals surface area contributed by atoms with Crippen LogP contribution in [0.1, 0.15) is 32.8 Å². The van der Waals surface area contributed by atoms with Crippen LogP contribution < -0.4 is 10.6 Å². The number of nitrogens with one attached hydrogen (secondary N) is 2. The van der Waals surface area contributed by atoms with Crippen molar-refractivity contribution in [2.45, 2.75) is 32.7 Å². The molecule has 0 aromatic heterocycles. The molecule has 0 spiro atoms. The zero-order valence-electron chi connectivity index (χ0n) is 11.9. The number of rotatable bonds is 4. The van der Waals surface area contributed by atoms with Crippen molar-refractivity contribution >= 4 is 5.91 Å². The van der Waals surface area contributed by atoms with Crippen LogP contribution in [-0.2, 0) is 4.79 Å². The van der Waals surface area contributed by atoms with E-state index in [9.17, 15) is 4.79 Å². The fourth-order valence-corrected chi connectivity index (χ4v) is 1.50. The largest absolute Gasteiger partial charge is 0.351 e. The highest BCUT2D eigenvalue weighted by Crippen LogP contribution is 1.98.